The zero-order chi connectivity index (χ0) is 19.2. The molecule has 0 unspecified atom stereocenters. The first kappa shape index (κ1) is 19.2. The van der Waals surface area contributed by atoms with E-state index in [9.17, 15) is 9.59 Å². The van der Waals surface area contributed by atoms with Crippen LogP contribution in [0, 0.1) is 0 Å². The van der Waals surface area contributed by atoms with Gasteiger partial charge < -0.3 is 4.74 Å². The summed E-state index contributed by atoms with van der Waals surface area (Å²) in [7, 11) is 0. The lowest BCUT2D eigenvalue weighted by Gasteiger charge is -2.15. The van der Waals surface area contributed by atoms with Crippen LogP contribution in [-0.4, -0.2) is 28.7 Å². The third-order valence-corrected chi connectivity index (χ3v) is 5.36. The molecule has 1 aliphatic rings. The Balaban J connectivity index is 1.74. The number of imide groups is 1. The van der Waals surface area contributed by atoms with Crippen LogP contribution >= 0.6 is 11.8 Å². The molecule has 0 aliphatic carbocycles. The Morgan fingerprint density at radius 1 is 1.07 bits per heavy atom. The molecule has 0 saturated carbocycles. The van der Waals surface area contributed by atoms with Gasteiger partial charge in [0.25, 0.3) is 11.1 Å². The largest absolute Gasteiger partial charge is 0.490 e. The zero-order valence-electron chi connectivity index (χ0n) is 15.6. The average Bonchev–Trinajstić information content (AvgIpc) is 2.95. The van der Waals surface area contributed by atoms with Gasteiger partial charge in [-0.25, -0.2) is 0 Å². The minimum atomic E-state index is -0.237. The van der Waals surface area contributed by atoms with Crippen LogP contribution < -0.4 is 4.74 Å². The zero-order valence-corrected chi connectivity index (χ0v) is 16.4. The van der Waals surface area contributed by atoms with E-state index in [0.29, 0.717) is 17.9 Å². The third kappa shape index (κ3) is 4.80. The maximum absolute atomic E-state index is 12.7. The molecule has 27 heavy (non-hydrogen) atoms. The highest BCUT2D eigenvalue weighted by atomic mass is 32.2. The Kier molecular flexibility index (Phi) is 6.35. The predicted octanol–water partition coefficient (Wildman–Crippen LogP) is 5.14. The molecule has 1 fully saturated rings. The number of hydrogen-bond donors (Lipinski definition) is 0. The quantitative estimate of drug-likeness (QED) is 0.623. The van der Waals surface area contributed by atoms with Gasteiger partial charge in [-0.1, -0.05) is 55.5 Å². The van der Waals surface area contributed by atoms with E-state index in [2.05, 4.69) is 6.92 Å². The van der Waals surface area contributed by atoms with Crippen LogP contribution in [0.5, 0.6) is 5.75 Å². The second-order valence-electron chi connectivity index (χ2n) is 6.44. The fourth-order valence-corrected chi connectivity index (χ4v) is 3.58. The standard InChI is InChI=1S/C22H23NO3S/c1-3-16(2)26-19-12-8-7-11-18(19)15-20-21(24)23(22(25)27-20)14-13-17-9-5-4-6-10-17/h4-12,15-16H,3,13-14H2,1-2H3/b20-15+/t16-/m0/s1. The lowest BCUT2D eigenvalue weighted by Crippen LogP contribution is -2.30. The van der Waals surface area contributed by atoms with Gasteiger partial charge in [-0.15, -0.1) is 0 Å². The molecule has 0 spiro atoms. The Hall–Kier alpha value is -2.53. The van der Waals surface area contributed by atoms with Crippen LogP contribution in [0.2, 0.25) is 0 Å². The molecule has 2 amide bonds. The van der Waals surface area contributed by atoms with Crippen LogP contribution in [0.1, 0.15) is 31.4 Å². The summed E-state index contributed by atoms with van der Waals surface area (Å²) in [4.78, 5) is 26.8. The monoisotopic (exact) mass is 381 g/mol. The topological polar surface area (TPSA) is 46.6 Å². The number of hydrogen-bond acceptors (Lipinski definition) is 4. The van der Waals surface area contributed by atoms with Gasteiger partial charge in [-0.2, -0.15) is 0 Å². The second-order valence-corrected chi connectivity index (χ2v) is 7.44. The molecule has 1 heterocycles. The highest BCUT2D eigenvalue weighted by Crippen LogP contribution is 2.34. The normalized spacial score (nSPS) is 16.8. The fourth-order valence-electron chi connectivity index (χ4n) is 2.73. The summed E-state index contributed by atoms with van der Waals surface area (Å²) in [6.07, 6.45) is 3.38. The number of carbonyl (C=O) groups excluding carboxylic acids is 2. The van der Waals surface area contributed by atoms with Crippen molar-refractivity contribution in [2.45, 2.75) is 32.8 Å². The molecule has 2 aromatic carbocycles. The molecule has 4 nitrogen and oxygen atoms in total. The summed E-state index contributed by atoms with van der Waals surface area (Å²) in [5, 5.41) is -0.220. The summed E-state index contributed by atoms with van der Waals surface area (Å²) in [6.45, 7) is 4.46. The van der Waals surface area contributed by atoms with Crippen molar-refractivity contribution in [2.75, 3.05) is 6.54 Å². The van der Waals surface area contributed by atoms with Gasteiger partial charge in [0.2, 0.25) is 0 Å². The van der Waals surface area contributed by atoms with Crippen molar-refractivity contribution in [1.82, 2.24) is 4.90 Å². The van der Waals surface area contributed by atoms with Gasteiger partial charge in [-0.3, -0.25) is 14.5 Å². The van der Waals surface area contributed by atoms with E-state index >= 15 is 0 Å². The van der Waals surface area contributed by atoms with Crippen molar-refractivity contribution in [3.8, 4) is 5.75 Å². The lowest BCUT2D eigenvalue weighted by atomic mass is 10.1. The van der Waals surface area contributed by atoms with Gasteiger partial charge in [-0.05, 0) is 49.2 Å². The molecular formula is C22H23NO3S. The van der Waals surface area contributed by atoms with Gasteiger partial charge in [0, 0.05) is 12.1 Å². The summed E-state index contributed by atoms with van der Waals surface area (Å²) in [5.41, 5.74) is 1.92. The first-order chi connectivity index (χ1) is 13.1. The number of rotatable bonds is 7. The smallest absolute Gasteiger partial charge is 0.293 e. The van der Waals surface area contributed by atoms with Gasteiger partial charge in [0.1, 0.15) is 5.75 Å². The predicted molar refractivity (Wildman–Crippen MR) is 110 cm³/mol. The van der Waals surface area contributed by atoms with E-state index < -0.39 is 0 Å². The van der Waals surface area contributed by atoms with Gasteiger partial charge >= 0.3 is 0 Å². The van der Waals surface area contributed by atoms with Crippen molar-refractivity contribution in [2.24, 2.45) is 0 Å². The number of nitrogens with zero attached hydrogens (tertiary/aromatic N) is 1. The number of ether oxygens (including phenoxy) is 1. The summed E-state index contributed by atoms with van der Waals surface area (Å²) in [5.74, 6) is 0.488. The SMILES string of the molecule is CC[C@H](C)Oc1ccccc1/C=C1/SC(=O)N(CCc2ccccc2)C1=O. The van der Waals surface area contributed by atoms with E-state index in [1.54, 1.807) is 6.08 Å². The van der Waals surface area contributed by atoms with Crippen LogP contribution in [0.25, 0.3) is 6.08 Å². The number of para-hydroxylation sites is 1. The fraction of sp³-hybridized carbons (Fsp3) is 0.273. The average molecular weight is 381 g/mol. The molecule has 0 bridgehead atoms. The molecule has 3 rings (SSSR count). The van der Waals surface area contributed by atoms with Crippen LogP contribution in [0.15, 0.2) is 59.5 Å². The van der Waals surface area contributed by atoms with Gasteiger partial charge in [0.15, 0.2) is 0 Å². The molecule has 1 aliphatic heterocycles. The lowest BCUT2D eigenvalue weighted by molar-refractivity contribution is -0.122. The first-order valence-corrected chi connectivity index (χ1v) is 9.95. The van der Waals surface area contributed by atoms with E-state index in [0.717, 1.165) is 35.1 Å². The number of thioether (sulfide) groups is 1. The third-order valence-electron chi connectivity index (χ3n) is 4.45. The maximum Gasteiger partial charge on any atom is 0.293 e. The van der Waals surface area contributed by atoms with Gasteiger partial charge in [0.05, 0.1) is 11.0 Å². The number of amides is 2. The van der Waals surface area contributed by atoms with E-state index in [1.807, 2.05) is 61.5 Å². The molecule has 1 saturated heterocycles. The number of carbonyl (C=O) groups is 2. The Labute approximate surface area is 164 Å². The van der Waals surface area contributed by atoms with Crippen molar-refractivity contribution in [1.29, 1.82) is 0 Å². The van der Waals surface area contributed by atoms with Crippen molar-refractivity contribution < 1.29 is 14.3 Å². The molecule has 0 aromatic heterocycles. The minimum Gasteiger partial charge on any atom is -0.490 e. The van der Waals surface area contributed by atoms with Crippen LogP contribution in [-0.2, 0) is 11.2 Å². The Morgan fingerprint density at radius 2 is 1.78 bits per heavy atom. The molecule has 0 N–H and O–H groups in total. The van der Waals surface area contributed by atoms with Crippen molar-refractivity contribution in [3.05, 3.63) is 70.6 Å². The van der Waals surface area contributed by atoms with E-state index in [-0.39, 0.29) is 17.3 Å². The van der Waals surface area contributed by atoms with E-state index in [1.165, 1.54) is 4.90 Å². The summed E-state index contributed by atoms with van der Waals surface area (Å²) in [6, 6.07) is 17.4. The van der Waals surface area contributed by atoms with Crippen molar-refractivity contribution >= 4 is 29.0 Å². The highest BCUT2D eigenvalue weighted by Gasteiger charge is 2.34. The van der Waals surface area contributed by atoms with Crippen LogP contribution in [0.3, 0.4) is 0 Å². The maximum atomic E-state index is 12.7. The summed E-state index contributed by atoms with van der Waals surface area (Å²) >= 11 is 0.988. The Morgan fingerprint density at radius 3 is 2.52 bits per heavy atom. The molecule has 140 valence electrons. The molecule has 1 atom stereocenters. The van der Waals surface area contributed by atoms with E-state index in [4.69, 9.17) is 4.74 Å². The molecule has 0 radical (unpaired) electrons. The first-order valence-electron chi connectivity index (χ1n) is 9.13. The van der Waals surface area contributed by atoms with Crippen molar-refractivity contribution in [3.63, 3.8) is 0 Å². The molecule has 2 aromatic rings. The number of benzene rings is 2. The Bertz CT molecular complexity index is 848. The highest BCUT2D eigenvalue weighted by molar-refractivity contribution is 8.18. The molecule has 5 heteroatoms. The molecular weight excluding hydrogens is 358 g/mol. The summed E-state index contributed by atoms with van der Waals surface area (Å²) < 4.78 is 5.94. The minimum absolute atomic E-state index is 0.0838. The second kappa shape index (κ2) is 8.91. The van der Waals surface area contributed by atoms with Crippen LogP contribution in [0.4, 0.5) is 4.79 Å².